The topological polar surface area (TPSA) is 72.9 Å². The average Bonchev–Trinajstić information content (AvgIpc) is 3.06. The number of halogens is 4. The van der Waals surface area contributed by atoms with Crippen LogP contribution in [0.5, 0.6) is 0 Å². The molecule has 0 unspecified atom stereocenters. The van der Waals surface area contributed by atoms with Gasteiger partial charge in [-0.05, 0) is 35.9 Å². The molecule has 9 heteroatoms. The average molecular weight is 404 g/mol. The fraction of sp³-hybridized carbons (Fsp3) is 0.100. The maximum Gasteiger partial charge on any atom is 0.419 e. The Balaban J connectivity index is 2.04. The van der Waals surface area contributed by atoms with E-state index in [4.69, 9.17) is 5.73 Å². The second kappa shape index (κ2) is 7.42. The Morgan fingerprint density at radius 2 is 1.93 bits per heavy atom. The summed E-state index contributed by atoms with van der Waals surface area (Å²) >= 11 is 0. The van der Waals surface area contributed by atoms with Crippen LogP contribution in [-0.2, 0) is 18.0 Å². The zero-order chi connectivity index (χ0) is 21.3. The van der Waals surface area contributed by atoms with E-state index >= 15 is 0 Å². The Hall–Kier alpha value is -3.62. The molecule has 3 rings (SSSR count). The monoisotopic (exact) mass is 404 g/mol. The minimum absolute atomic E-state index is 0.0919. The van der Waals surface area contributed by atoms with Crippen LogP contribution < -0.4 is 11.1 Å². The van der Waals surface area contributed by atoms with Crippen LogP contribution in [0.2, 0.25) is 0 Å². The highest BCUT2D eigenvalue weighted by atomic mass is 19.4. The van der Waals surface area contributed by atoms with Gasteiger partial charge in [0.2, 0.25) is 5.91 Å². The Morgan fingerprint density at radius 3 is 2.48 bits per heavy atom. The van der Waals surface area contributed by atoms with E-state index in [0.717, 1.165) is 12.1 Å². The first-order valence-electron chi connectivity index (χ1n) is 8.31. The van der Waals surface area contributed by atoms with E-state index < -0.39 is 23.5 Å². The molecule has 0 aliphatic rings. The number of carbonyl (C=O) groups excluding carboxylic acids is 1. The first kappa shape index (κ1) is 20.1. The number of nitrogens with zero attached hydrogens (tertiary/aromatic N) is 2. The fourth-order valence-corrected chi connectivity index (χ4v) is 2.73. The minimum atomic E-state index is -4.78. The van der Waals surface area contributed by atoms with Gasteiger partial charge in [0.15, 0.2) is 0 Å². The maximum atomic E-state index is 13.9. The lowest BCUT2D eigenvalue weighted by Gasteiger charge is -2.14. The number of nitrogens with two attached hydrogens (primary N) is 1. The highest BCUT2D eigenvalue weighted by Gasteiger charge is 2.33. The van der Waals surface area contributed by atoms with Gasteiger partial charge in [-0.25, -0.2) is 9.37 Å². The quantitative estimate of drug-likeness (QED) is 0.486. The Labute approximate surface area is 163 Å². The van der Waals surface area contributed by atoms with Crippen molar-refractivity contribution in [2.45, 2.75) is 6.18 Å². The van der Waals surface area contributed by atoms with Gasteiger partial charge in [0.05, 0.1) is 17.6 Å². The van der Waals surface area contributed by atoms with Crippen molar-refractivity contribution in [1.29, 1.82) is 0 Å². The van der Waals surface area contributed by atoms with Crippen LogP contribution in [0.1, 0.15) is 11.1 Å². The standard InChI is InChI=1S/C20H16F4N4O/c1-11(19(25)29)12-3-6-17(14(7-12)18-9-28(2)10-26-18)27-13-4-5-15(16(21)8-13)20(22,23)24/h3-10,27H,1H2,2H3,(H2,25,29). The number of benzene rings is 2. The van der Waals surface area contributed by atoms with Crippen LogP contribution in [0.4, 0.5) is 28.9 Å². The highest BCUT2D eigenvalue weighted by Crippen LogP contribution is 2.35. The molecule has 0 fully saturated rings. The van der Waals surface area contributed by atoms with Crippen LogP contribution in [0, 0.1) is 5.82 Å². The van der Waals surface area contributed by atoms with E-state index in [1.165, 1.54) is 0 Å². The van der Waals surface area contributed by atoms with Crippen LogP contribution in [0.25, 0.3) is 16.8 Å². The molecular weight excluding hydrogens is 388 g/mol. The molecule has 29 heavy (non-hydrogen) atoms. The van der Waals surface area contributed by atoms with Gasteiger partial charge >= 0.3 is 6.18 Å². The molecule has 5 nitrogen and oxygen atoms in total. The van der Waals surface area contributed by atoms with Crippen molar-refractivity contribution in [1.82, 2.24) is 9.55 Å². The minimum Gasteiger partial charge on any atom is -0.366 e. The molecule has 0 spiro atoms. The first-order chi connectivity index (χ1) is 13.6. The second-order valence-electron chi connectivity index (χ2n) is 6.34. The summed E-state index contributed by atoms with van der Waals surface area (Å²) in [6.07, 6.45) is -1.50. The van der Waals surface area contributed by atoms with E-state index in [2.05, 4.69) is 16.9 Å². The molecule has 0 aliphatic heterocycles. The molecule has 1 heterocycles. The zero-order valence-corrected chi connectivity index (χ0v) is 15.2. The van der Waals surface area contributed by atoms with Gasteiger partial charge in [-0.3, -0.25) is 4.79 Å². The van der Waals surface area contributed by atoms with Crippen LogP contribution in [-0.4, -0.2) is 15.5 Å². The molecule has 0 saturated heterocycles. The molecular formula is C20H16F4N4O. The number of alkyl halides is 3. The predicted molar refractivity (Wildman–Crippen MR) is 102 cm³/mol. The van der Waals surface area contributed by atoms with E-state index in [0.29, 0.717) is 28.6 Å². The lowest BCUT2D eigenvalue weighted by Crippen LogP contribution is -2.12. The smallest absolute Gasteiger partial charge is 0.366 e. The summed E-state index contributed by atoms with van der Waals surface area (Å²) in [5.74, 6) is -2.08. The molecule has 2 aromatic carbocycles. The Morgan fingerprint density at radius 1 is 1.21 bits per heavy atom. The van der Waals surface area contributed by atoms with Crippen molar-refractivity contribution in [2.24, 2.45) is 12.8 Å². The SMILES string of the molecule is C=C(C(N)=O)c1ccc(Nc2ccc(C(F)(F)F)c(F)c2)c(-c2cn(C)cn2)c1. The summed E-state index contributed by atoms with van der Waals surface area (Å²) in [5.41, 5.74) is 6.12. The lowest BCUT2D eigenvalue weighted by atomic mass is 10.0. The molecule has 3 aromatic rings. The summed E-state index contributed by atoms with van der Waals surface area (Å²) in [6.45, 7) is 3.65. The van der Waals surface area contributed by atoms with Crippen molar-refractivity contribution in [3.63, 3.8) is 0 Å². The summed E-state index contributed by atoms with van der Waals surface area (Å²) in [7, 11) is 1.76. The van der Waals surface area contributed by atoms with Crippen molar-refractivity contribution in [2.75, 3.05) is 5.32 Å². The number of rotatable bonds is 5. The summed E-state index contributed by atoms with van der Waals surface area (Å²) in [6, 6.07) is 7.34. The van der Waals surface area contributed by atoms with Crippen LogP contribution in [0.3, 0.4) is 0 Å². The summed E-state index contributed by atoms with van der Waals surface area (Å²) in [4.78, 5) is 15.7. The number of amides is 1. The van der Waals surface area contributed by atoms with Gasteiger partial charge in [-0.1, -0.05) is 12.6 Å². The Kier molecular flexibility index (Phi) is 5.15. The van der Waals surface area contributed by atoms with Gasteiger partial charge in [-0.15, -0.1) is 0 Å². The van der Waals surface area contributed by atoms with E-state index in [-0.39, 0.29) is 11.3 Å². The second-order valence-corrected chi connectivity index (χ2v) is 6.34. The fourth-order valence-electron chi connectivity index (χ4n) is 2.73. The van der Waals surface area contributed by atoms with Gasteiger partial charge < -0.3 is 15.6 Å². The number of anilines is 2. The molecule has 0 radical (unpaired) electrons. The number of hydrogen-bond acceptors (Lipinski definition) is 3. The van der Waals surface area contributed by atoms with Crippen molar-refractivity contribution < 1.29 is 22.4 Å². The van der Waals surface area contributed by atoms with E-state index in [1.807, 2.05) is 0 Å². The Bertz CT molecular complexity index is 1100. The lowest BCUT2D eigenvalue weighted by molar-refractivity contribution is -0.140. The molecule has 150 valence electrons. The first-order valence-corrected chi connectivity index (χ1v) is 8.31. The number of carbonyl (C=O) groups is 1. The van der Waals surface area contributed by atoms with E-state index in [9.17, 15) is 22.4 Å². The largest absolute Gasteiger partial charge is 0.419 e. The van der Waals surface area contributed by atoms with Crippen molar-refractivity contribution >= 4 is 22.9 Å². The predicted octanol–water partition coefficient (Wildman–Crippen LogP) is 4.49. The molecule has 0 bridgehead atoms. The highest BCUT2D eigenvalue weighted by molar-refractivity contribution is 6.18. The molecule has 1 aromatic heterocycles. The summed E-state index contributed by atoms with van der Waals surface area (Å²) in [5, 5.41) is 2.89. The normalized spacial score (nSPS) is 11.3. The molecule has 0 aliphatic carbocycles. The van der Waals surface area contributed by atoms with Gasteiger partial charge in [0.25, 0.3) is 0 Å². The number of aromatic nitrogens is 2. The maximum absolute atomic E-state index is 13.9. The molecule has 0 atom stereocenters. The molecule has 1 amide bonds. The third-order valence-electron chi connectivity index (χ3n) is 4.20. The third kappa shape index (κ3) is 4.29. The molecule has 3 N–H and O–H groups in total. The van der Waals surface area contributed by atoms with Gasteiger partial charge in [0.1, 0.15) is 5.82 Å². The number of hydrogen-bond donors (Lipinski definition) is 2. The van der Waals surface area contributed by atoms with Gasteiger partial charge in [-0.2, -0.15) is 13.2 Å². The number of primary amides is 1. The van der Waals surface area contributed by atoms with Gasteiger partial charge in [0, 0.05) is 35.8 Å². The van der Waals surface area contributed by atoms with Crippen LogP contribution in [0.15, 0.2) is 55.5 Å². The van der Waals surface area contributed by atoms with Crippen LogP contribution >= 0.6 is 0 Å². The summed E-state index contributed by atoms with van der Waals surface area (Å²) < 4.78 is 53.9. The van der Waals surface area contributed by atoms with Crippen molar-refractivity contribution in [3.05, 3.63) is 72.4 Å². The zero-order valence-electron chi connectivity index (χ0n) is 15.2. The molecule has 0 saturated carbocycles. The van der Waals surface area contributed by atoms with E-state index in [1.54, 1.807) is 42.3 Å². The number of nitrogens with one attached hydrogen (secondary N) is 1. The number of imidazole rings is 1. The van der Waals surface area contributed by atoms with Crippen molar-refractivity contribution in [3.8, 4) is 11.3 Å². The number of aryl methyl sites for hydroxylation is 1. The third-order valence-corrected chi connectivity index (χ3v) is 4.20.